The molecule has 0 aromatic carbocycles. The van der Waals surface area contributed by atoms with Crippen molar-refractivity contribution in [3.05, 3.63) is 0 Å². The molecule has 17 heavy (non-hydrogen) atoms. The van der Waals surface area contributed by atoms with Gasteiger partial charge in [0.05, 0.1) is 13.1 Å². The summed E-state index contributed by atoms with van der Waals surface area (Å²) in [5, 5.41) is 5.42. The molecule has 96 valence electrons. The highest BCUT2D eigenvalue weighted by Gasteiger charge is 2.29. The van der Waals surface area contributed by atoms with E-state index in [0.717, 1.165) is 0 Å². The van der Waals surface area contributed by atoms with E-state index in [-0.39, 0.29) is 37.5 Å². The van der Waals surface area contributed by atoms with Gasteiger partial charge >= 0.3 is 0 Å². The molecule has 7 heteroatoms. The van der Waals surface area contributed by atoms with Crippen molar-refractivity contribution in [2.24, 2.45) is 5.73 Å². The minimum absolute atomic E-state index is 0.109. The van der Waals surface area contributed by atoms with Crippen LogP contribution in [0.1, 0.15) is 13.8 Å². The fourth-order valence-electron chi connectivity index (χ4n) is 1.62. The summed E-state index contributed by atoms with van der Waals surface area (Å²) in [6.07, 6.45) is 0. The standard InChI is InChI=1S/C10H18N4O3/c1-6(2)14(5-8(11)15)10(17)7-3-13-9(16)4-12-7/h6-7,12H,3-5H2,1-2H3,(H2,11,15)(H,13,16). The third kappa shape index (κ3) is 3.70. The number of piperazine rings is 1. The van der Waals surface area contributed by atoms with Gasteiger partial charge in [0.15, 0.2) is 0 Å². The molecule has 0 aliphatic carbocycles. The number of nitrogens with two attached hydrogens (primary N) is 1. The summed E-state index contributed by atoms with van der Waals surface area (Å²) >= 11 is 0. The van der Waals surface area contributed by atoms with Crippen molar-refractivity contribution in [2.45, 2.75) is 25.9 Å². The summed E-state index contributed by atoms with van der Waals surface area (Å²) in [4.78, 5) is 35.3. The van der Waals surface area contributed by atoms with E-state index < -0.39 is 11.9 Å². The summed E-state index contributed by atoms with van der Waals surface area (Å²) in [5.41, 5.74) is 5.10. The number of amides is 3. The van der Waals surface area contributed by atoms with E-state index in [1.807, 2.05) is 13.8 Å². The quantitative estimate of drug-likeness (QED) is 0.520. The van der Waals surface area contributed by atoms with Gasteiger partial charge in [-0.25, -0.2) is 0 Å². The van der Waals surface area contributed by atoms with Gasteiger partial charge in [-0.2, -0.15) is 0 Å². The van der Waals surface area contributed by atoms with Gasteiger partial charge < -0.3 is 16.0 Å². The maximum atomic E-state index is 12.1. The highest BCUT2D eigenvalue weighted by Crippen LogP contribution is 2.03. The maximum absolute atomic E-state index is 12.1. The predicted molar refractivity (Wildman–Crippen MR) is 60.8 cm³/mol. The first-order valence-electron chi connectivity index (χ1n) is 5.50. The molecule has 1 saturated heterocycles. The molecule has 1 aliphatic heterocycles. The molecule has 0 aromatic rings. The van der Waals surface area contributed by atoms with Crippen LogP contribution in [0.5, 0.6) is 0 Å². The molecule has 0 aromatic heterocycles. The Bertz CT molecular complexity index is 320. The van der Waals surface area contributed by atoms with Gasteiger partial charge in [-0.1, -0.05) is 0 Å². The number of rotatable bonds is 4. The van der Waals surface area contributed by atoms with E-state index >= 15 is 0 Å². The van der Waals surface area contributed by atoms with Gasteiger partial charge in [0.25, 0.3) is 0 Å². The van der Waals surface area contributed by atoms with Crippen molar-refractivity contribution in [2.75, 3.05) is 19.6 Å². The van der Waals surface area contributed by atoms with E-state index in [9.17, 15) is 14.4 Å². The molecular formula is C10H18N4O3. The summed E-state index contributed by atoms with van der Waals surface area (Å²) < 4.78 is 0. The van der Waals surface area contributed by atoms with Crippen LogP contribution < -0.4 is 16.4 Å². The van der Waals surface area contributed by atoms with E-state index in [1.165, 1.54) is 4.90 Å². The number of carbonyl (C=O) groups is 3. The Morgan fingerprint density at radius 3 is 2.59 bits per heavy atom. The average Bonchev–Trinajstić information content (AvgIpc) is 2.25. The fourth-order valence-corrected chi connectivity index (χ4v) is 1.62. The number of nitrogens with zero attached hydrogens (tertiary/aromatic N) is 1. The molecule has 0 bridgehead atoms. The second-order valence-corrected chi connectivity index (χ2v) is 4.26. The van der Waals surface area contributed by atoms with Crippen LogP contribution in [0.3, 0.4) is 0 Å². The molecular weight excluding hydrogens is 224 g/mol. The SMILES string of the molecule is CC(C)N(CC(N)=O)C(=O)C1CNC(=O)CN1. The Labute approximate surface area is 99.7 Å². The average molecular weight is 242 g/mol. The number of hydrogen-bond donors (Lipinski definition) is 3. The molecule has 1 fully saturated rings. The molecule has 4 N–H and O–H groups in total. The highest BCUT2D eigenvalue weighted by molar-refractivity contribution is 5.89. The fraction of sp³-hybridized carbons (Fsp3) is 0.700. The lowest BCUT2D eigenvalue weighted by molar-refractivity contribution is -0.139. The number of nitrogens with one attached hydrogen (secondary N) is 2. The molecule has 0 saturated carbocycles. The van der Waals surface area contributed by atoms with Crippen LogP contribution in [0.25, 0.3) is 0 Å². The van der Waals surface area contributed by atoms with Crippen LogP contribution in [0.4, 0.5) is 0 Å². The first-order valence-corrected chi connectivity index (χ1v) is 5.50. The Morgan fingerprint density at radius 2 is 2.18 bits per heavy atom. The minimum Gasteiger partial charge on any atom is -0.368 e. The Hall–Kier alpha value is -1.63. The van der Waals surface area contributed by atoms with Crippen LogP contribution in [-0.2, 0) is 14.4 Å². The molecule has 1 rings (SSSR count). The predicted octanol–water partition coefficient (Wildman–Crippen LogP) is -2.20. The summed E-state index contributed by atoms with van der Waals surface area (Å²) in [6, 6.07) is -0.608. The van der Waals surface area contributed by atoms with Gasteiger partial charge in [-0.15, -0.1) is 0 Å². The summed E-state index contributed by atoms with van der Waals surface area (Å²) in [7, 11) is 0. The lowest BCUT2D eigenvalue weighted by atomic mass is 10.1. The second-order valence-electron chi connectivity index (χ2n) is 4.26. The van der Waals surface area contributed by atoms with E-state index in [0.29, 0.717) is 0 Å². The van der Waals surface area contributed by atoms with E-state index in [1.54, 1.807) is 0 Å². The lowest BCUT2D eigenvalue weighted by Crippen LogP contribution is -2.60. The monoisotopic (exact) mass is 242 g/mol. The van der Waals surface area contributed by atoms with Gasteiger partial charge in [0, 0.05) is 12.6 Å². The molecule has 1 atom stereocenters. The molecule has 0 spiro atoms. The van der Waals surface area contributed by atoms with Crippen LogP contribution in [0, 0.1) is 0 Å². The first-order chi connectivity index (χ1) is 7.91. The van der Waals surface area contributed by atoms with Crippen molar-refractivity contribution in [1.82, 2.24) is 15.5 Å². The molecule has 0 radical (unpaired) electrons. The molecule has 3 amide bonds. The van der Waals surface area contributed by atoms with Crippen molar-refractivity contribution in [3.63, 3.8) is 0 Å². The lowest BCUT2D eigenvalue weighted by Gasteiger charge is -2.31. The third-order valence-electron chi connectivity index (χ3n) is 2.54. The largest absolute Gasteiger partial charge is 0.368 e. The van der Waals surface area contributed by atoms with Crippen LogP contribution in [0.2, 0.25) is 0 Å². The van der Waals surface area contributed by atoms with Crippen molar-refractivity contribution in [1.29, 1.82) is 0 Å². The van der Waals surface area contributed by atoms with Gasteiger partial charge in [-0.05, 0) is 13.8 Å². The number of hydrogen-bond acceptors (Lipinski definition) is 4. The van der Waals surface area contributed by atoms with Crippen LogP contribution in [-0.4, -0.2) is 54.3 Å². The normalized spacial score (nSPS) is 19.9. The van der Waals surface area contributed by atoms with Crippen molar-refractivity contribution in [3.8, 4) is 0 Å². The first kappa shape index (κ1) is 13.4. The van der Waals surface area contributed by atoms with Crippen LogP contribution >= 0.6 is 0 Å². The van der Waals surface area contributed by atoms with Gasteiger partial charge in [0.2, 0.25) is 17.7 Å². The molecule has 1 unspecified atom stereocenters. The minimum atomic E-state index is -0.549. The molecule has 1 aliphatic rings. The number of primary amides is 1. The summed E-state index contributed by atoms with van der Waals surface area (Å²) in [5.74, 6) is -0.911. The number of carbonyl (C=O) groups excluding carboxylic acids is 3. The molecule has 7 nitrogen and oxygen atoms in total. The second kappa shape index (κ2) is 5.62. The highest BCUT2D eigenvalue weighted by atomic mass is 16.2. The smallest absolute Gasteiger partial charge is 0.242 e. The van der Waals surface area contributed by atoms with Crippen molar-refractivity contribution >= 4 is 17.7 Å². The Morgan fingerprint density at radius 1 is 1.53 bits per heavy atom. The van der Waals surface area contributed by atoms with Crippen LogP contribution in [0.15, 0.2) is 0 Å². The zero-order valence-corrected chi connectivity index (χ0v) is 10.0. The Kier molecular flexibility index (Phi) is 4.45. The zero-order valence-electron chi connectivity index (χ0n) is 10.0. The zero-order chi connectivity index (χ0) is 13.0. The molecule has 1 heterocycles. The summed E-state index contributed by atoms with van der Waals surface area (Å²) in [6.45, 7) is 3.85. The van der Waals surface area contributed by atoms with E-state index in [4.69, 9.17) is 5.73 Å². The topological polar surface area (TPSA) is 105 Å². The van der Waals surface area contributed by atoms with Gasteiger partial charge in [0.1, 0.15) is 6.04 Å². The third-order valence-corrected chi connectivity index (χ3v) is 2.54. The van der Waals surface area contributed by atoms with E-state index in [2.05, 4.69) is 10.6 Å². The van der Waals surface area contributed by atoms with Gasteiger partial charge in [-0.3, -0.25) is 19.7 Å². The maximum Gasteiger partial charge on any atom is 0.242 e. The van der Waals surface area contributed by atoms with Crippen molar-refractivity contribution < 1.29 is 14.4 Å². The Balaban J connectivity index is 2.64.